The van der Waals surface area contributed by atoms with E-state index in [0.29, 0.717) is 0 Å². The maximum atomic E-state index is 3.81. The van der Waals surface area contributed by atoms with Gasteiger partial charge in [-0.1, -0.05) is 92.2 Å². The second-order valence-electron chi connectivity index (χ2n) is 8.39. The molecule has 0 N–H and O–H groups in total. The van der Waals surface area contributed by atoms with E-state index in [1.165, 1.54) is 49.1 Å². The van der Waals surface area contributed by atoms with Gasteiger partial charge in [-0.3, -0.25) is 0 Å². The average molecular weight is 441 g/mol. The summed E-state index contributed by atoms with van der Waals surface area (Å²) >= 11 is 0. The van der Waals surface area contributed by atoms with Crippen molar-refractivity contribution in [2.24, 2.45) is 0 Å². The van der Waals surface area contributed by atoms with Gasteiger partial charge >= 0.3 is 0 Å². The monoisotopic (exact) mass is 440 g/mol. The van der Waals surface area contributed by atoms with Crippen molar-refractivity contribution in [3.05, 3.63) is 35.5 Å². The molecule has 0 aliphatic heterocycles. The van der Waals surface area contributed by atoms with Gasteiger partial charge in [-0.05, 0) is 61.3 Å². The van der Waals surface area contributed by atoms with E-state index in [1.54, 1.807) is 0 Å². The maximum absolute atomic E-state index is 3.81. The predicted molar refractivity (Wildman–Crippen MR) is 145 cm³/mol. The summed E-state index contributed by atoms with van der Waals surface area (Å²) in [6.45, 7) is 18.4. The molecule has 0 saturated heterocycles. The highest BCUT2D eigenvalue weighted by Gasteiger charge is 2.25. The Kier molecular flexibility index (Phi) is 15.8. The van der Waals surface area contributed by atoms with Gasteiger partial charge in [0, 0.05) is 11.1 Å². The molecule has 0 spiro atoms. The van der Waals surface area contributed by atoms with Gasteiger partial charge in [-0.2, -0.15) is 0 Å². The van der Waals surface area contributed by atoms with E-state index in [1.807, 2.05) is 0 Å². The summed E-state index contributed by atoms with van der Waals surface area (Å²) in [6.07, 6.45) is 13.6. The van der Waals surface area contributed by atoms with E-state index < -0.39 is 16.1 Å². The Hall–Kier alpha value is -1.23. The lowest BCUT2D eigenvalue weighted by Gasteiger charge is -2.20. The molecular formula is C28H48Si2. The van der Waals surface area contributed by atoms with Crippen molar-refractivity contribution >= 4 is 16.1 Å². The second kappa shape index (κ2) is 16.5. The molecule has 0 heterocycles. The summed E-state index contributed by atoms with van der Waals surface area (Å²) < 4.78 is 0. The smallest absolute Gasteiger partial charge is 0.126 e. The molecule has 0 amide bonds. The summed E-state index contributed by atoms with van der Waals surface area (Å²) in [7, 11) is -2.97. The van der Waals surface area contributed by atoms with E-state index in [0.717, 1.165) is 24.0 Å². The third-order valence-electron chi connectivity index (χ3n) is 6.76. The lowest BCUT2D eigenvalue weighted by Crippen LogP contribution is -2.29. The molecule has 0 aromatic heterocycles. The van der Waals surface area contributed by atoms with Crippen molar-refractivity contribution in [3.63, 3.8) is 0 Å². The van der Waals surface area contributed by atoms with Crippen molar-refractivity contribution in [1.82, 2.24) is 0 Å². The van der Waals surface area contributed by atoms with Crippen LogP contribution >= 0.6 is 0 Å². The maximum Gasteiger partial charge on any atom is 0.138 e. The van der Waals surface area contributed by atoms with E-state index in [2.05, 4.69) is 103 Å². The molecule has 0 aromatic carbocycles. The van der Waals surface area contributed by atoms with Gasteiger partial charge in [0.15, 0.2) is 0 Å². The zero-order valence-electron chi connectivity index (χ0n) is 21.4. The Labute approximate surface area is 191 Å². The molecule has 0 unspecified atom stereocenters. The average Bonchev–Trinajstić information content (AvgIpc) is 2.79. The van der Waals surface area contributed by atoms with Gasteiger partial charge in [-0.15, -0.1) is 11.1 Å². The van der Waals surface area contributed by atoms with E-state index in [9.17, 15) is 0 Å². The van der Waals surface area contributed by atoms with Crippen molar-refractivity contribution in [2.45, 2.75) is 117 Å². The van der Waals surface area contributed by atoms with Crippen LogP contribution in [-0.2, 0) is 0 Å². The highest BCUT2D eigenvalue weighted by Crippen LogP contribution is 2.21. The first kappa shape index (κ1) is 28.8. The number of unbranched alkanes of at least 4 members (excludes halogenated alkanes) is 2. The Balaban J connectivity index is 6.62. The molecule has 0 aliphatic carbocycles. The molecule has 0 rings (SSSR count). The number of hydrogen-bond acceptors (Lipinski definition) is 0. The largest absolute Gasteiger partial charge is 0.138 e. The van der Waals surface area contributed by atoms with Crippen LogP contribution in [0.3, 0.4) is 0 Å². The molecule has 0 saturated carbocycles. The van der Waals surface area contributed by atoms with Crippen LogP contribution in [0.2, 0.25) is 36.3 Å². The van der Waals surface area contributed by atoms with Crippen LogP contribution in [0, 0.1) is 22.9 Å². The summed E-state index contributed by atoms with van der Waals surface area (Å²) in [5, 5.41) is 0. The molecule has 168 valence electrons. The molecule has 2 heteroatoms. The highest BCUT2D eigenvalue weighted by molar-refractivity contribution is 6.87. The normalized spacial score (nSPS) is 13.1. The fourth-order valence-corrected chi connectivity index (χ4v) is 8.42. The van der Waals surface area contributed by atoms with E-state index in [4.69, 9.17) is 0 Å². The van der Waals surface area contributed by atoms with E-state index in [-0.39, 0.29) is 0 Å². The van der Waals surface area contributed by atoms with Gasteiger partial charge in [0.25, 0.3) is 0 Å². The third-order valence-corrected chi connectivity index (χ3v) is 16.2. The minimum atomic E-state index is -1.48. The molecule has 0 atom stereocenters. The summed E-state index contributed by atoms with van der Waals surface area (Å²) in [5.41, 5.74) is 9.90. The Morgan fingerprint density at radius 3 is 1.07 bits per heavy atom. The SMILES string of the molecule is CCC/C=C/C(C#C[Si](CC)(CC)CC)=C(C#C[Si](CC)(CC)CC)/C=C/CCC. The van der Waals surface area contributed by atoms with Gasteiger partial charge in [0.05, 0.1) is 0 Å². The predicted octanol–water partition coefficient (Wildman–Crippen LogP) is 9.10. The van der Waals surface area contributed by atoms with Crippen molar-refractivity contribution in [1.29, 1.82) is 0 Å². The molecule has 0 aliphatic rings. The Morgan fingerprint density at radius 2 is 0.833 bits per heavy atom. The first-order valence-electron chi connectivity index (χ1n) is 12.6. The van der Waals surface area contributed by atoms with Gasteiger partial charge in [0.2, 0.25) is 0 Å². The number of hydrogen-bond donors (Lipinski definition) is 0. The number of rotatable bonds is 12. The standard InChI is InChI=1S/C28H48Si2/c1-9-17-19-21-27(23-25-29(11-3,12-4)13-5)28(22-20-18-10-2)24-26-30(14-6,15-7)16-8/h19-22H,9-18H2,1-8H3/b21-19+,22-20+,28-27+. The van der Waals surface area contributed by atoms with Crippen LogP contribution in [0.5, 0.6) is 0 Å². The summed E-state index contributed by atoms with van der Waals surface area (Å²) in [5.74, 6) is 7.31. The fraction of sp³-hybridized carbons (Fsp3) is 0.643. The molecule has 0 bridgehead atoms. The van der Waals surface area contributed by atoms with Crippen LogP contribution in [0.1, 0.15) is 81.1 Å². The Bertz CT molecular complexity index is 601. The first-order chi connectivity index (χ1) is 14.5. The molecule has 0 radical (unpaired) electrons. The zero-order chi connectivity index (χ0) is 22.9. The van der Waals surface area contributed by atoms with Gasteiger partial charge in [0.1, 0.15) is 16.1 Å². The van der Waals surface area contributed by atoms with Crippen LogP contribution in [0.4, 0.5) is 0 Å². The van der Waals surface area contributed by atoms with Crippen LogP contribution < -0.4 is 0 Å². The van der Waals surface area contributed by atoms with Gasteiger partial charge in [-0.25, -0.2) is 0 Å². The van der Waals surface area contributed by atoms with Crippen molar-refractivity contribution < 1.29 is 0 Å². The van der Waals surface area contributed by atoms with Crippen LogP contribution in [0.25, 0.3) is 0 Å². The lowest BCUT2D eigenvalue weighted by molar-refractivity contribution is 0.957. The molecule has 0 fully saturated rings. The minimum absolute atomic E-state index is 1.10. The molecule has 0 aromatic rings. The summed E-state index contributed by atoms with van der Waals surface area (Å²) in [4.78, 5) is 0. The zero-order valence-corrected chi connectivity index (χ0v) is 23.4. The Morgan fingerprint density at radius 1 is 0.533 bits per heavy atom. The van der Waals surface area contributed by atoms with Crippen LogP contribution in [-0.4, -0.2) is 16.1 Å². The first-order valence-corrected chi connectivity index (χ1v) is 17.8. The summed E-state index contributed by atoms with van der Waals surface area (Å²) in [6, 6.07) is 7.44. The fourth-order valence-electron chi connectivity index (χ4n) is 3.56. The highest BCUT2D eigenvalue weighted by atomic mass is 28.3. The quantitative estimate of drug-likeness (QED) is 0.161. The van der Waals surface area contributed by atoms with Crippen LogP contribution in [0.15, 0.2) is 35.5 Å². The van der Waals surface area contributed by atoms with Gasteiger partial charge < -0.3 is 0 Å². The van der Waals surface area contributed by atoms with Crippen molar-refractivity contribution in [3.8, 4) is 22.9 Å². The third kappa shape index (κ3) is 9.72. The topological polar surface area (TPSA) is 0 Å². The lowest BCUT2D eigenvalue weighted by atomic mass is 10.1. The second-order valence-corrected chi connectivity index (χ2v) is 18.3. The molecular weight excluding hydrogens is 392 g/mol. The number of allylic oxidation sites excluding steroid dienone is 6. The molecule has 30 heavy (non-hydrogen) atoms. The minimum Gasteiger partial charge on any atom is -0.126 e. The van der Waals surface area contributed by atoms with E-state index >= 15 is 0 Å². The molecule has 0 nitrogen and oxygen atoms in total. The van der Waals surface area contributed by atoms with Crippen molar-refractivity contribution in [2.75, 3.05) is 0 Å².